The zero-order valence-electron chi connectivity index (χ0n) is 11.2. The molecule has 7 heteroatoms. The van der Waals surface area contributed by atoms with Crippen LogP contribution in [0.2, 0.25) is 0 Å². The summed E-state index contributed by atoms with van der Waals surface area (Å²) in [5, 5.41) is 1.78. The lowest BCUT2D eigenvalue weighted by molar-refractivity contribution is -0.123. The van der Waals surface area contributed by atoms with Gasteiger partial charge in [0.15, 0.2) is 6.61 Å². The number of carbonyl (C=O) groups excluding carboxylic acids is 2. The second-order valence-corrected chi connectivity index (χ2v) is 5.07. The van der Waals surface area contributed by atoms with Gasteiger partial charge in [-0.15, -0.1) is 11.3 Å². The summed E-state index contributed by atoms with van der Waals surface area (Å²) in [6.45, 7) is 0.207. The molecule has 6 nitrogen and oxygen atoms in total. The van der Waals surface area contributed by atoms with Gasteiger partial charge >= 0.3 is 0 Å². The van der Waals surface area contributed by atoms with Crippen molar-refractivity contribution in [1.29, 1.82) is 0 Å². The molecule has 0 aliphatic heterocycles. The molecule has 0 saturated heterocycles. The molecule has 0 atom stereocenters. The average Bonchev–Trinajstić information content (AvgIpc) is 3.05. The zero-order chi connectivity index (χ0) is 15.1. The minimum absolute atomic E-state index is 0.196. The molecule has 0 radical (unpaired) electrons. The predicted octanol–water partition coefficient (Wildman–Crippen LogP) is 1.05. The Morgan fingerprint density at radius 1 is 1.19 bits per heavy atom. The van der Waals surface area contributed by atoms with E-state index in [0.29, 0.717) is 17.2 Å². The van der Waals surface area contributed by atoms with Crippen LogP contribution in [0.25, 0.3) is 0 Å². The maximum atomic E-state index is 11.6. The fourth-order valence-corrected chi connectivity index (χ4v) is 2.16. The lowest BCUT2D eigenvalue weighted by Crippen LogP contribution is -2.43. The molecule has 1 aromatic heterocycles. The molecule has 0 aliphatic rings. The molecular weight excluding hydrogens is 290 g/mol. The van der Waals surface area contributed by atoms with Crippen molar-refractivity contribution in [3.05, 3.63) is 52.2 Å². The lowest BCUT2D eigenvalue weighted by Gasteiger charge is -2.08. The van der Waals surface area contributed by atoms with Crippen LogP contribution >= 0.6 is 11.3 Å². The largest absolute Gasteiger partial charge is 0.484 e. The average molecular weight is 305 g/mol. The summed E-state index contributed by atoms with van der Waals surface area (Å²) in [5.41, 5.74) is 11.0. The van der Waals surface area contributed by atoms with Gasteiger partial charge in [-0.25, -0.2) is 0 Å². The molecule has 0 fully saturated rings. The van der Waals surface area contributed by atoms with Gasteiger partial charge in [-0.2, -0.15) is 0 Å². The number of ether oxygens (including phenoxy) is 1. The fraction of sp³-hybridized carbons (Fsp3) is 0.143. The molecule has 21 heavy (non-hydrogen) atoms. The highest BCUT2D eigenvalue weighted by Gasteiger charge is 2.08. The van der Waals surface area contributed by atoms with Crippen LogP contribution in [0.15, 0.2) is 41.8 Å². The molecule has 1 heterocycles. The monoisotopic (exact) mass is 305 g/mol. The Balaban J connectivity index is 1.75. The Morgan fingerprint density at radius 2 is 2.05 bits per heavy atom. The van der Waals surface area contributed by atoms with Gasteiger partial charge in [0.2, 0.25) is 0 Å². The van der Waals surface area contributed by atoms with Crippen molar-refractivity contribution in [2.75, 3.05) is 6.61 Å². The smallest absolute Gasteiger partial charge is 0.279 e. The van der Waals surface area contributed by atoms with E-state index in [1.165, 1.54) is 11.3 Å². The van der Waals surface area contributed by atoms with Gasteiger partial charge in [0.25, 0.3) is 11.8 Å². The number of hydrogen-bond acceptors (Lipinski definition) is 5. The van der Waals surface area contributed by atoms with E-state index in [0.717, 1.165) is 5.56 Å². The summed E-state index contributed by atoms with van der Waals surface area (Å²) in [5.74, 6) is -0.251. The van der Waals surface area contributed by atoms with E-state index in [4.69, 9.17) is 10.5 Å². The summed E-state index contributed by atoms with van der Waals surface area (Å²) in [4.78, 5) is 23.7. The van der Waals surface area contributed by atoms with E-state index in [-0.39, 0.29) is 12.5 Å². The molecule has 0 unspecified atom stereocenters. The third-order valence-corrected chi connectivity index (χ3v) is 3.43. The Bertz CT molecular complexity index is 614. The Kier molecular flexibility index (Phi) is 5.30. The fourth-order valence-electron chi connectivity index (χ4n) is 1.54. The molecule has 2 amide bonds. The number of hydrogen-bond donors (Lipinski definition) is 3. The van der Waals surface area contributed by atoms with Crippen molar-refractivity contribution in [2.24, 2.45) is 5.73 Å². The zero-order valence-corrected chi connectivity index (χ0v) is 12.0. The van der Waals surface area contributed by atoms with Gasteiger partial charge in [-0.05, 0) is 29.1 Å². The number of rotatable bonds is 5. The van der Waals surface area contributed by atoms with Crippen molar-refractivity contribution in [3.8, 4) is 5.75 Å². The van der Waals surface area contributed by atoms with Gasteiger partial charge in [0.05, 0.1) is 4.88 Å². The summed E-state index contributed by atoms with van der Waals surface area (Å²) in [6, 6.07) is 10.6. The topological polar surface area (TPSA) is 93.4 Å². The highest BCUT2D eigenvalue weighted by atomic mass is 32.1. The summed E-state index contributed by atoms with van der Waals surface area (Å²) < 4.78 is 5.32. The first kappa shape index (κ1) is 15.0. The molecule has 1 aromatic carbocycles. The maximum absolute atomic E-state index is 11.6. The van der Waals surface area contributed by atoms with Crippen LogP contribution in [0.3, 0.4) is 0 Å². The molecular formula is C14H15N3O3S. The second kappa shape index (κ2) is 7.41. The molecule has 0 spiro atoms. The van der Waals surface area contributed by atoms with Crippen molar-refractivity contribution in [1.82, 2.24) is 10.9 Å². The predicted molar refractivity (Wildman–Crippen MR) is 79.8 cm³/mol. The van der Waals surface area contributed by atoms with E-state index in [1.54, 1.807) is 35.7 Å². The first-order valence-electron chi connectivity index (χ1n) is 6.23. The third-order valence-electron chi connectivity index (χ3n) is 2.56. The lowest BCUT2D eigenvalue weighted by atomic mass is 10.2. The van der Waals surface area contributed by atoms with E-state index in [9.17, 15) is 9.59 Å². The molecule has 4 N–H and O–H groups in total. The Labute approximate surface area is 125 Å². The van der Waals surface area contributed by atoms with Gasteiger partial charge in [-0.1, -0.05) is 18.2 Å². The quantitative estimate of drug-likeness (QED) is 0.720. The standard InChI is InChI=1S/C14H15N3O3S/c15-8-10-3-1-4-11(7-10)20-9-13(18)16-17-14(19)12-5-2-6-21-12/h1-7H,8-9,15H2,(H,16,18)(H,17,19). The normalized spacial score (nSPS) is 9.95. The number of benzene rings is 1. The number of nitrogens with two attached hydrogens (primary N) is 1. The van der Waals surface area contributed by atoms with Crippen molar-refractivity contribution < 1.29 is 14.3 Å². The highest BCUT2D eigenvalue weighted by molar-refractivity contribution is 7.12. The van der Waals surface area contributed by atoms with Gasteiger partial charge < -0.3 is 10.5 Å². The molecule has 110 valence electrons. The summed E-state index contributed by atoms with van der Waals surface area (Å²) in [6.07, 6.45) is 0. The van der Waals surface area contributed by atoms with Crippen LogP contribution < -0.4 is 21.3 Å². The Hall–Kier alpha value is -2.38. The molecule has 0 aliphatic carbocycles. The first-order chi connectivity index (χ1) is 10.2. The van der Waals surface area contributed by atoms with Crippen LogP contribution in [0.1, 0.15) is 15.2 Å². The van der Waals surface area contributed by atoms with Crippen molar-refractivity contribution >= 4 is 23.2 Å². The van der Waals surface area contributed by atoms with Crippen molar-refractivity contribution in [2.45, 2.75) is 6.54 Å². The minimum Gasteiger partial charge on any atom is -0.484 e. The van der Waals surface area contributed by atoms with Crippen LogP contribution in [0, 0.1) is 0 Å². The summed E-state index contributed by atoms with van der Waals surface area (Å²) >= 11 is 1.29. The first-order valence-corrected chi connectivity index (χ1v) is 7.11. The Morgan fingerprint density at radius 3 is 2.76 bits per heavy atom. The number of hydrazine groups is 1. The minimum atomic E-state index is -0.446. The van der Waals surface area contributed by atoms with Crippen LogP contribution in [0.5, 0.6) is 5.75 Å². The van der Waals surface area contributed by atoms with Crippen LogP contribution in [-0.2, 0) is 11.3 Å². The van der Waals surface area contributed by atoms with Gasteiger partial charge in [-0.3, -0.25) is 20.4 Å². The number of carbonyl (C=O) groups is 2. The van der Waals surface area contributed by atoms with Crippen LogP contribution in [-0.4, -0.2) is 18.4 Å². The van der Waals surface area contributed by atoms with E-state index < -0.39 is 5.91 Å². The number of nitrogens with one attached hydrogen (secondary N) is 2. The third kappa shape index (κ3) is 4.59. The SMILES string of the molecule is NCc1cccc(OCC(=O)NNC(=O)c2cccs2)c1. The van der Waals surface area contributed by atoms with Crippen LogP contribution in [0.4, 0.5) is 0 Å². The number of thiophene rings is 1. The molecule has 0 bridgehead atoms. The maximum Gasteiger partial charge on any atom is 0.279 e. The second-order valence-electron chi connectivity index (χ2n) is 4.12. The van der Waals surface area contributed by atoms with Gasteiger partial charge in [0.1, 0.15) is 5.75 Å². The van der Waals surface area contributed by atoms with Gasteiger partial charge in [0, 0.05) is 6.54 Å². The summed E-state index contributed by atoms with van der Waals surface area (Å²) in [7, 11) is 0. The molecule has 2 rings (SSSR count). The highest BCUT2D eigenvalue weighted by Crippen LogP contribution is 2.12. The molecule has 2 aromatic rings. The molecule has 0 saturated carbocycles. The number of amides is 2. The van der Waals surface area contributed by atoms with E-state index in [2.05, 4.69) is 10.9 Å². The van der Waals surface area contributed by atoms with Crippen molar-refractivity contribution in [3.63, 3.8) is 0 Å². The van der Waals surface area contributed by atoms with E-state index in [1.807, 2.05) is 6.07 Å². The van der Waals surface area contributed by atoms with E-state index >= 15 is 0 Å².